The van der Waals surface area contributed by atoms with Gasteiger partial charge in [-0.2, -0.15) is 0 Å². The molecule has 0 saturated heterocycles. The molecule has 2 rings (SSSR count). The third-order valence-electron chi connectivity index (χ3n) is 4.44. The zero-order valence-corrected chi connectivity index (χ0v) is 15.7. The predicted molar refractivity (Wildman–Crippen MR) is 103 cm³/mol. The summed E-state index contributed by atoms with van der Waals surface area (Å²) in [5.74, 6) is -1.58. The van der Waals surface area contributed by atoms with Gasteiger partial charge in [-0.05, 0) is 48.7 Å². The number of ketones is 1. The molecule has 7 heteroatoms. The van der Waals surface area contributed by atoms with E-state index in [1.165, 1.54) is 30.3 Å². The number of benzene rings is 2. The highest BCUT2D eigenvalue weighted by Gasteiger charge is 2.24. The quantitative estimate of drug-likeness (QED) is 0.239. The summed E-state index contributed by atoms with van der Waals surface area (Å²) >= 11 is 0. The van der Waals surface area contributed by atoms with Gasteiger partial charge in [-0.3, -0.25) is 4.79 Å². The molecule has 152 valence electrons. The van der Waals surface area contributed by atoms with Gasteiger partial charge >= 0.3 is 0 Å². The zero-order chi connectivity index (χ0) is 20.7. The van der Waals surface area contributed by atoms with Gasteiger partial charge in [0, 0.05) is 18.6 Å². The van der Waals surface area contributed by atoms with E-state index in [-0.39, 0.29) is 47.2 Å². The maximum atomic E-state index is 12.3. The van der Waals surface area contributed by atoms with E-state index in [4.69, 9.17) is 4.74 Å². The average molecular weight is 390 g/mol. The highest BCUT2D eigenvalue weighted by atomic mass is 16.5. The van der Waals surface area contributed by atoms with E-state index in [0.29, 0.717) is 12.2 Å². The van der Waals surface area contributed by atoms with E-state index in [1.807, 2.05) is 6.92 Å². The maximum absolute atomic E-state index is 12.3. The predicted octanol–water partition coefficient (Wildman–Crippen LogP) is 3.39. The van der Waals surface area contributed by atoms with E-state index in [9.17, 15) is 30.3 Å². The smallest absolute Gasteiger partial charge is 0.163 e. The Bertz CT molecular complexity index is 803. The van der Waals surface area contributed by atoms with Gasteiger partial charge in [0.1, 0.15) is 6.10 Å². The number of hydrogen-bond donors (Lipinski definition) is 5. The van der Waals surface area contributed by atoms with E-state index in [2.05, 4.69) is 0 Å². The molecule has 2 atom stereocenters. The Hall–Kier alpha value is -2.77. The first kappa shape index (κ1) is 21.5. The Balaban J connectivity index is 2.08. The van der Waals surface area contributed by atoms with Crippen LogP contribution in [0.4, 0.5) is 0 Å². The number of unbranched alkanes of at least 4 members (excludes halogenated alkanes) is 1. The third kappa shape index (κ3) is 5.61. The van der Waals surface area contributed by atoms with Crippen LogP contribution in [0, 0.1) is 0 Å². The molecular formula is C21H26O7. The summed E-state index contributed by atoms with van der Waals surface area (Å²) in [7, 11) is 0. The zero-order valence-electron chi connectivity index (χ0n) is 15.7. The normalized spacial score (nSPS) is 13.2. The summed E-state index contributed by atoms with van der Waals surface area (Å²) in [6, 6.07) is 8.00. The van der Waals surface area contributed by atoms with Crippen molar-refractivity contribution in [1.82, 2.24) is 0 Å². The van der Waals surface area contributed by atoms with Crippen molar-refractivity contribution in [2.75, 3.05) is 6.61 Å². The number of carbonyl (C=O) groups is 1. The largest absolute Gasteiger partial charge is 0.504 e. The molecule has 0 amide bonds. The highest BCUT2D eigenvalue weighted by molar-refractivity contribution is 5.96. The summed E-state index contributed by atoms with van der Waals surface area (Å²) in [6.07, 6.45) is 0.0162. The fraction of sp³-hybridized carbons (Fsp3) is 0.381. The second-order valence-electron chi connectivity index (χ2n) is 6.63. The molecule has 5 N–H and O–H groups in total. The lowest BCUT2D eigenvalue weighted by molar-refractivity contribution is -0.0434. The van der Waals surface area contributed by atoms with Crippen molar-refractivity contribution in [3.05, 3.63) is 47.5 Å². The van der Waals surface area contributed by atoms with Crippen molar-refractivity contribution in [2.24, 2.45) is 0 Å². The number of carbonyl (C=O) groups excluding carboxylic acids is 1. The van der Waals surface area contributed by atoms with Crippen LogP contribution in [0.15, 0.2) is 36.4 Å². The Morgan fingerprint density at radius 1 is 0.964 bits per heavy atom. The van der Waals surface area contributed by atoms with Crippen molar-refractivity contribution in [1.29, 1.82) is 0 Å². The van der Waals surface area contributed by atoms with Gasteiger partial charge in [0.25, 0.3) is 0 Å². The molecule has 0 aliphatic carbocycles. The Morgan fingerprint density at radius 3 is 2.21 bits per heavy atom. The molecule has 28 heavy (non-hydrogen) atoms. The first-order chi connectivity index (χ1) is 13.3. The molecule has 0 bridgehead atoms. The van der Waals surface area contributed by atoms with E-state index < -0.39 is 12.2 Å². The number of phenols is 4. The third-order valence-corrected chi connectivity index (χ3v) is 4.44. The van der Waals surface area contributed by atoms with Crippen LogP contribution in [-0.2, 0) is 4.74 Å². The van der Waals surface area contributed by atoms with Crippen LogP contribution in [0.3, 0.4) is 0 Å². The lowest BCUT2D eigenvalue weighted by atomic mass is 9.97. The number of phenolic OH excluding ortho intramolecular Hbond substituents is 4. The molecule has 2 aromatic rings. The van der Waals surface area contributed by atoms with Crippen molar-refractivity contribution in [3.63, 3.8) is 0 Å². The van der Waals surface area contributed by atoms with Crippen molar-refractivity contribution >= 4 is 5.78 Å². The molecule has 0 aliphatic rings. The number of ether oxygens (including phenoxy) is 1. The van der Waals surface area contributed by atoms with Gasteiger partial charge < -0.3 is 30.3 Å². The topological polar surface area (TPSA) is 127 Å². The summed E-state index contributed by atoms with van der Waals surface area (Å²) in [6.45, 7) is 2.41. The minimum atomic E-state index is -1.02. The van der Waals surface area contributed by atoms with Crippen LogP contribution >= 0.6 is 0 Å². The maximum Gasteiger partial charge on any atom is 0.163 e. The van der Waals surface area contributed by atoms with Crippen LogP contribution in [0.25, 0.3) is 0 Å². The summed E-state index contributed by atoms with van der Waals surface area (Å²) < 4.78 is 5.77. The Kier molecular flexibility index (Phi) is 7.66. The Morgan fingerprint density at radius 2 is 1.61 bits per heavy atom. The number of aliphatic hydroxyl groups is 1. The first-order valence-corrected chi connectivity index (χ1v) is 9.20. The molecule has 0 unspecified atom stereocenters. The number of hydrogen-bond acceptors (Lipinski definition) is 7. The van der Waals surface area contributed by atoms with Crippen molar-refractivity contribution < 1.29 is 35.1 Å². The molecule has 0 spiro atoms. The van der Waals surface area contributed by atoms with Gasteiger partial charge in [0.15, 0.2) is 28.8 Å². The van der Waals surface area contributed by atoms with Crippen molar-refractivity contribution in [2.45, 2.75) is 44.8 Å². The minimum absolute atomic E-state index is 0.00306. The summed E-state index contributed by atoms with van der Waals surface area (Å²) in [4.78, 5) is 12.3. The molecule has 0 saturated carbocycles. The van der Waals surface area contributed by atoms with Gasteiger partial charge in [-0.1, -0.05) is 19.4 Å². The number of rotatable bonds is 10. The van der Waals surface area contributed by atoms with Crippen molar-refractivity contribution in [3.8, 4) is 23.0 Å². The lowest BCUT2D eigenvalue weighted by Crippen LogP contribution is -2.23. The number of Topliss-reactive ketones (excluding diaryl/α,β-unsaturated/α-hetero) is 1. The van der Waals surface area contributed by atoms with Crippen LogP contribution in [-0.4, -0.2) is 44.0 Å². The number of aromatic hydroxyl groups is 4. The first-order valence-electron chi connectivity index (χ1n) is 9.20. The molecule has 0 heterocycles. The molecule has 7 nitrogen and oxygen atoms in total. The van der Waals surface area contributed by atoms with E-state index in [0.717, 1.165) is 12.8 Å². The van der Waals surface area contributed by atoms with Crippen LogP contribution in [0.5, 0.6) is 23.0 Å². The highest BCUT2D eigenvalue weighted by Crippen LogP contribution is 2.32. The second kappa shape index (κ2) is 9.96. The second-order valence-corrected chi connectivity index (χ2v) is 6.63. The van der Waals surface area contributed by atoms with Crippen LogP contribution < -0.4 is 0 Å². The molecule has 0 radical (unpaired) electrons. The van der Waals surface area contributed by atoms with Gasteiger partial charge in [-0.15, -0.1) is 0 Å². The standard InChI is InChI=1S/C21H26O7/c1-2-3-10-28-21(14-5-7-17(24)20(27)12-14)18(25)9-8-15(22)13-4-6-16(23)19(26)11-13/h4-7,11-12,18,21,23-27H,2-3,8-10H2,1H3/t18-,21+/m1/s1. The molecule has 0 aromatic heterocycles. The van der Waals surface area contributed by atoms with Gasteiger partial charge in [0.2, 0.25) is 0 Å². The summed E-state index contributed by atoms with van der Waals surface area (Å²) in [5, 5.41) is 48.7. The molecule has 2 aromatic carbocycles. The summed E-state index contributed by atoms with van der Waals surface area (Å²) in [5.41, 5.74) is 0.724. The van der Waals surface area contributed by atoms with Gasteiger partial charge in [-0.25, -0.2) is 0 Å². The van der Waals surface area contributed by atoms with Gasteiger partial charge in [0.05, 0.1) is 6.10 Å². The fourth-order valence-corrected chi connectivity index (χ4v) is 2.77. The number of aliphatic hydroxyl groups excluding tert-OH is 1. The SMILES string of the molecule is CCCCO[C@@H](c1ccc(O)c(O)c1)[C@H](O)CCC(=O)c1ccc(O)c(O)c1. The van der Waals surface area contributed by atoms with Crippen LogP contribution in [0.1, 0.15) is 54.6 Å². The monoisotopic (exact) mass is 390 g/mol. The molecular weight excluding hydrogens is 364 g/mol. The molecule has 0 fully saturated rings. The lowest BCUT2D eigenvalue weighted by Gasteiger charge is -2.24. The molecule has 0 aliphatic heterocycles. The van der Waals surface area contributed by atoms with Crippen LogP contribution in [0.2, 0.25) is 0 Å². The minimum Gasteiger partial charge on any atom is -0.504 e. The fourth-order valence-electron chi connectivity index (χ4n) is 2.77. The van der Waals surface area contributed by atoms with E-state index >= 15 is 0 Å². The average Bonchev–Trinajstić information content (AvgIpc) is 2.67. The Labute approximate surface area is 163 Å². The van der Waals surface area contributed by atoms with E-state index in [1.54, 1.807) is 6.07 Å².